The van der Waals surface area contributed by atoms with Crippen molar-refractivity contribution in [2.75, 3.05) is 0 Å². The van der Waals surface area contributed by atoms with Crippen LogP contribution in [0, 0.1) is 12.3 Å². The Hall–Kier alpha value is -1.75. The van der Waals surface area contributed by atoms with Crippen LogP contribution in [0.1, 0.15) is 32.0 Å². The van der Waals surface area contributed by atoms with E-state index in [1.165, 1.54) is 0 Å². The molecule has 1 aromatic carbocycles. The van der Waals surface area contributed by atoms with Crippen LogP contribution in [0.5, 0.6) is 0 Å². The molecule has 1 aromatic heterocycles. The molecule has 0 unspecified atom stereocenters. The Kier molecular flexibility index (Phi) is 2.04. The molecule has 0 spiro atoms. The summed E-state index contributed by atoms with van der Waals surface area (Å²) in [5.41, 5.74) is 2.98. The first-order valence-corrected chi connectivity index (χ1v) is 4.98. The molecular formula is C13H14N2. The molecule has 0 bridgehead atoms. The molecular weight excluding hydrogens is 184 g/mol. The number of nitrogens with one attached hydrogen (secondary N) is 1. The Bertz CT molecular complexity index is 536. The highest BCUT2D eigenvalue weighted by atomic mass is 15.1. The zero-order chi connectivity index (χ0) is 11.1. The summed E-state index contributed by atoms with van der Waals surface area (Å²) >= 11 is 0. The van der Waals surface area contributed by atoms with Crippen molar-refractivity contribution in [2.45, 2.75) is 26.2 Å². The fraction of sp³-hybridized carbons (Fsp3) is 0.308. The fourth-order valence-electron chi connectivity index (χ4n) is 1.73. The highest BCUT2D eigenvalue weighted by Crippen LogP contribution is 2.29. The third kappa shape index (κ3) is 1.50. The van der Waals surface area contributed by atoms with E-state index in [4.69, 9.17) is 6.42 Å². The molecule has 15 heavy (non-hydrogen) atoms. The van der Waals surface area contributed by atoms with Crippen molar-refractivity contribution in [2.24, 2.45) is 0 Å². The van der Waals surface area contributed by atoms with Gasteiger partial charge in [0.25, 0.3) is 0 Å². The zero-order valence-corrected chi connectivity index (χ0v) is 9.26. The molecule has 0 saturated heterocycles. The van der Waals surface area contributed by atoms with Crippen molar-refractivity contribution in [3.8, 4) is 12.3 Å². The zero-order valence-electron chi connectivity index (χ0n) is 9.26. The van der Waals surface area contributed by atoms with Crippen molar-refractivity contribution in [3.05, 3.63) is 29.5 Å². The average Bonchev–Trinajstić information content (AvgIpc) is 2.59. The molecule has 0 aliphatic rings. The van der Waals surface area contributed by atoms with E-state index in [9.17, 15) is 0 Å². The summed E-state index contributed by atoms with van der Waals surface area (Å²) in [5.74, 6) is 2.71. The lowest BCUT2D eigenvalue weighted by atomic mass is 9.88. The third-order valence-electron chi connectivity index (χ3n) is 2.49. The number of aromatic nitrogens is 2. The summed E-state index contributed by atoms with van der Waals surface area (Å²) in [6.07, 6.45) is 5.50. The Morgan fingerprint density at radius 3 is 2.67 bits per heavy atom. The van der Waals surface area contributed by atoms with Crippen molar-refractivity contribution >= 4 is 10.9 Å². The Balaban J connectivity index is 2.85. The first kappa shape index (κ1) is 9.79. The van der Waals surface area contributed by atoms with Gasteiger partial charge in [0.15, 0.2) is 0 Å². The van der Waals surface area contributed by atoms with E-state index in [0.29, 0.717) is 0 Å². The molecule has 2 rings (SSSR count). The van der Waals surface area contributed by atoms with Crippen LogP contribution in [-0.2, 0) is 5.41 Å². The van der Waals surface area contributed by atoms with Gasteiger partial charge >= 0.3 is 0 Å². The lowest BCUT2D eigenvalue weighted by Crippen LogP contribution is -2.12. The lowest BCUT2D eigenvalue weighted by Gasteiger charge is -2.16. The number of nitrogens with zero attached hydrogens (tertiary/aromatic N) is 1. The molecule has 0 aliphatic carbocycles. The highest BCUT2D eigenvalue weighted by Gasteiger charge is 2.20. The van der Waals surface area contributed by atoms with Crippen LogP contribution in [0.4, 0.5) is 0 Å². The summed E-state index contributed by atoms with van der Waals surface area (Å²) in [7, 11) is 0. The molecule has 0 saturated carbocycles. The van der Waals surface area contributed by atoms with Gasteiger partial charge in [-0.3, -0.25) is 5.10 Å². The summed E-state index contributed by atoms with van der Waals surface area (Å²) < 4.78 is 0. The van der Waals surface area contributed by atoms with E-state index in [2.05, 4.69) is 36.9 Å². The Morgan fingerprint density at radius 1 is 1.33 bits per heavy atom. The second kappa shape index (κ2) is 3.13. The summed E-state index contributed by atoms with van der Waals surface area (Å²) in [6, 6.07) is 5.86. The van der Waals surface area contributed by atoms with Crippen LogP contribution in [0.15, 0.2) is 18.2 Å². The average molecular weight is 198 g/mol. The number of aromatic amines is 1. The number of H-pyrrole nitrogens is 1. The molecule has 0 fully saturated rings. The number of hydrogen-bond donors (Lipinski definition) is 1. The van der Waals surface area contributed by atoms with Gasteiger partial charge < -0.3 is 0 Å². The fourth-order valence-corrected chi connectivity index (χ4v) is 1.73. The van der Waals surface area contributed by atoms with E-state index < -0.39 is 0 Å². The van der Waals surface area contributed by atoms with Crippen LogP contribution in [0.3, 0.4) is 0 Å². The van der Waals surface area contributed by atoms with Gasteiger partial charge in [0, 0.05) is 22.1 Å². The molecule has 0 atom stereocenters. The minimum atomic E-state index is 0.0295. The van der Waals surface area contributed by atoms with Crippen LogP contribution >= 0.6 is 0 Å². The van der Waals surface area contributed by atoms with Crippen molar-refractivity contribution in [3.63, 3.8) is 0 Å². The lowest BCUT2D eigenvalue weighted by molar-refractivity contribution is 0.571. The highest BCUT2D eigenvalue weighted by molar-refractivity contribution is 5.88. The van der Waals surface area contributed by atoms with Gasteiger partial charge in [-0.1, -0.05) is 32.8 Å². The number of benzene rings is 1. The normalized spacial score (nSPS) is 11.6. The van der Waals surface area contributed by atoms with E-state index in [1.807, 2.05) is 18.2 Å². The van der Waals surface area contributed by atoms with Gasteiger partial charge in [-0.05, 0) is 12.1 Å². The molecule has 0 aliphatic heterocycles. The minimum absolute atomic E-state index is 0.0295. The smallest absolute Gasteiger partial charge is 0.0936 e. The van der Waals surface area contributed by atoms with Gasteiger partial charge in [0.05, 0.1) is 5.52 Å². The molecule has 1 N–H and O–H groups in total. The number of terminal acetylenes is 1. The predicted octanol–water partition coefficient (Wildman–Crippen LogP) is 2.84. The van der Waals surface area contributed by atoms with Gasteiger partial charge in [0.1, 0.15) is 0 Å². The van der Waals surface area contributed by atoms with Crippen LogP contribution < -0.4 is 0 Å². The third-order valence-corrected chi connectivity index (χ3v) is 2.49. The number of hydrogen-bond acceptors (Lipinski definition) is 1. The maximum absolute atomic E-state index is 5.50. The van der Waals surface area contributed by atoms with E-state index >= 15 is 0 Å². The van der Waals surface area contributed by atoms with Crippen LogP contribution in [0.25, 0.3) is 10.9 Å². The van der Waals surface area contributed by atoms with Crippen LogP contribution in [-0.4, -0.2) is 10.2 Å². The Morgan fingerprint density at radius 2 is 2.07 bits per heavy atom. The second-order valence-electron chi connectivity index (χ2n) is 4.69. The SMILES string of the molecule is C#Cc1cccc2n[nH]c(C(C)(C)C)c12. The van der Waals surface area contributed by atoms with Gasteiger partial charge in [-0.25, -0.2) is 0 Å². The van der Waals surface area contributed by atoms with Crippen molar-refractivity contribution < 1.29 is 0 Å². The number of fused-ring (bicyclic) bond motifs is 1. The van der Waals surface area contributed by atoms with Crippen molar-refractivity contribution in [1.29, 1.82) is 0 Å². The maximum Gasteiger partial charge on any atom is 0.0936 e. The van der Waals surface area contributed by atoms with E-state index in [0.717, 1.165) is 22.2 Å². The molecule has 0 amide bonds. The number of rotatable bonds is 0. The van der Waals surface area contributed by atoms with Gasteiger partial charge in [-0.15, -0.1) is 6.42 Å². The molecule has 2 heteroatoms. The molecule has 76 valence electrons. The van der Waals surface area contributed by atoms with Gasteiger partial charge in [0.2, 0.25) is 0 Å². The largest absolute Gasteiger partial charge is 0.281 e. The molecule has 0 radical (unpaired) electrons. The monoisotopic (exact) mass is 198 g/mol. The quantitative estimate of drug-likeness (QED) is 0.648. The maximum atomic E-state index is 5.50. The van der Waals surface area contributed by atoms with Gasteiger partial charge in [-0.2, -0.15) is 5.10 Å². The first-order chi connectivity index (χ1) is 7.04. The molecule has 2 aromatic rings. The standard InChI is InChI=1S/C13H14N2/c1-5-9-7-6-8-10-11(9)12(15-14-10)13(2,3)4/h1,6-8H,2-4H3,(H,14,15). The predicted molar refractivity (Wildman–Crippen MR) is 62.7 cm³/mol. The first-order valence-electron chi connectivity index (χ1n) is 4.98. The van der Waals surface area contributed by atoms with Crippen LogP contribution in [0.2, 0.25) is 0 Å². The molecule has 2 nitrogen and oxygen atoms in total. The van der Waals surface area contributed by atoms with E-state index in [1.54, 1.807) is 0 Å². The minimum Gasteiger partial charge on any atom is -0.281 e. The summed E-state index contributed by atoms with van der Waals surface area (Å²) in [6.45, 7) is 6.44. The summed E-state index contributed by atoms with van der Waals surface area (Å²) in [5, 5.41) is 8.43. The molecule has 1 heterocycles. The topological polar surface area (TPSA) is 28.7 Å². The van der Waals surface area contributed by atoms with Crippen molar-refractivity contribution in [1.82, 2.24) is 10.2 Å². The Labute approximate surface area is 89.7 Å². The second-order valence-corrected chi connectivity index (χ2v) is 4.69. The van der Waals surface area contributed by atoms with E-state index in [-0.39, 0.29) is 5.41 Å². The summed E-state index contributed by atoms with van der Waals surface area (Å²) in [4.78, 5) is 0.